The summed E-state index contributed by atoms with van der Waals surface area (Å²) in [6, 6.07) is 19.0. The van der Waals surface area contributed by atoms with Gasteiger partial charge in [-0.3, -0.25) is 4.79 Å². The maximum Gasteiger partial charge on any atom is 0.387 e. The van der Waals surface area contributed by atoms with Gasteiger partial charge in [-0.05, 0) is 35.9 Å². The highest BCUT2D eigenvalue weighted by atomic mass is 19.3. The van der Waals surface area contributed by atoms with Crippen LogP contribution in [0.1, 0.15) is 18.4 Å². The van der Waals surface area contributed by atoms with E-state index in [0.29, 0.717) is 23.0 Å². The van der Waals surface area contributed by atoms with Gasteiger partial charge in [-0.1, -0.05) is 42.4 Å². The molecular formula is C25H21F2N3O5. The molecule has 35 heavy (non-hydrogen) atoms. The number of ether oxygens (including phenoxy) is 3. The zero-order valence-corrected chi connectivity index (χ0v) is 18.6. The quantitative estimate of drug-likeness (QED) is 0.276. The first-order valence-electron chi connectivity index (χ1n) is 10.7. The van der Waals surface area contributed by atoms with Gasteiger partial charge in [-0.15, -0.1) is 0 Å². The molecule has 0 saturated carbocycles. The largest absolute Gasteiger partial charge is 0.461 e. The van der Waals surface area contributed by atoms with Crippen molar-refractivity contribution in [3.8, 4) is 28.8 Å². The molecule has 0 N–H and O–H groups in total. The molecule has 0 amide bonds. The van der Waals surface area contributed by atoms with E-state index in [2.05, 4.69) is 19.9 Å². The Hall–Kier alpha value is -4.34. The number of benzene rings is 2. The van der Waals surface area contributed by atoms with Gasteiger partial charge in [-0.2, -0.15) is 13.8 Å². The number of carbonyl (C=O) groups is 1. The monoisotopic (exact) mass is 481 g/mol. The first kappa shape index (κ1) is 23.8. The molecule has 4 rings (SSSR count). The minimum Gasteiger partial charge on any atom is -0.461 e. The zero-order valence-electron chi connectivity index (χ0n) is 18.6. The molecule has 10 heteroatoms. The van der Waals surface area contributed by atoms with Crippen molar-refractivity contribution >= 4 is 5.97 Å². The molecule has 0 aliphatic rings. The van der Waals surface area contributed by atoms with E-state index in [-0.39, 0.29) is 30.6 Å². The Morgan fingerprint density at radius 1 is 1.00 bits per heavy atom. The van der Waals surface area contributed by atoms with Crippen molar-refractivity contribution in [1.82, 2.24) is 15.1 Å². The number of esters is 1. The average Bonchev–Trinajstić information content (AvgIpc) is 3.33. The van der Waals surface area contributed by atoms with Gasteiger partial charge in [0.05, 0.1) is 12.1 Å². The molecule has 4 aromatic rings. The highest BCUT2D eigenvalue weighted by Gasteiger charge is 2.19. The lowest BCUT2D eigenvalue weighted by molar-refractivity contribution is -0.149. The minimum atomic E-state index is -2.92. The maximum atomic E-state index is 12.3. The Labute approximate surface area is 199 Å². The summed E-state index contributed by atoms with van der Waals surface area (Å²) in [6.07, 6.45) is 1.40. The second kappa shape index (κ2) is 11.2. The van der Waals surface area contributed by atoms with Crippen LogP contribution >= 0.6 is 0 Å². The molecule has 0 aliphatic carbocycles. The first-order chi connectivity index (χ1) is 17.0. The number of pyridine rings is 1. The number of hydrogen-bond acceptors (Lipinski definition) is 8. The molecular weight excluding hydrogens is 460 g/mol. The highest BCUT2D eigenvalue weighted by Crippen LogP contribution is 2.25. The van der Waals surface area contributed by atoms with Crippen molar-refractivity contribution in [3.63, 3.8) is 0 Å². The number of carbonyl (C=O) groups excluding carboxylic acids is 1. The molecule has 0 bridgehead atoms. The lowest BCUT2D eigenvalue weighted by Gasteiger charge is -2.09. The second-order valence-electron chi connectivity index (χ2n) is 7.55. The normalized spacial score (nSPS) is 11.8. The van der Waals surface area contributed by atoms with Gasteiger partial charge >= 0.3 is 12.6 Å². The van der Waals surface area contributed by atoms with E-state index in [4.69, 9.17) is 14.0 Å². The number of rotatable bonds is 10. The van der Waals surface area contributed by atoms with Gasteiger partial charge in [0.2, 0.25) is 17.6 Å². The molecule has 180 valence electrons. The molecule has 0 unspecified atom stereocenters. The van der Waals surface area contributed by atoms with Gasteiger partial charge in [-0.25, -0.2) is 4.98 Å². The van der Waals surface area contributed by atoms with E-state index in [9.17, 15) is 13.6 Å². The Morgan fingerprint density at radius 2 is 1.74 bits per heavy atom. The van der Waals surface area contributed by atoms with Crippen LogP contribution in [0.3, 0.4) is 0 Å². The second-order valence-corrected chi connectivity index (χ2v) is 7.55. The third kappa shape index (κ3) is 6.83. The Balaban J connectivity index is 1.30. The molecule has 2 aromatic heterocycles. The fourth-order valence-corrected chi connectivity index (χ4v) is 3.06. The fraction of sp³-hybridized carbons (Fsp3) is 0.200. The SMILES string of the molecule is C[C@@H](Cc1nc(-c2ccc(Oc3ccc(OC(F)F)cn3)cc2)no1)C(=O)OCc1ccccc1. The Morgan fingerprint density at radius 3 is 2.43 bits per heavy atom. The zero-order chi connectivity index (χ0) is 24.6. The molecule has 0 radical (unpaired) electrons. The summed E-state index contributed by atoms with van der Waals surface area (Å²) >= 11 is 0. The standard InChI is InChI=1S/C25H21F2N3O5/c1-16(24(31)32-15-17-5-3-2-4-6-17)13-22-29-23(30-35-22)18-7-9-19(10-8-18)33-21-12-11-20(14-28-21)34-25(26)27/h2-12,14,16,25H,13,15H2,1H3/t16-/m0/s1. The van der Waals surface area contributed by atoms with Crippen molar-refractivity contribution in [1.29, 1.82) is 0 Å². The van der Waals surface area contributed by atoms with Crippen LogP contribution in [-0.2, 0) is 22.6 Å². The molecule has 1 atom stereocenters. The number of nitrogens with zero attached hydrogens (tertiary/aromatic N) is 3. The van der Waals surface area contributed by atoms with E-state index < -0.39 is 12.5 Å². The number of alkyl halides is 2. The highest BCUT2D eigenvalue weighted by molar-refractivity contribution is 5.72. The van der Waals surface area contributed by atoms with Crippen LogP contribution in [-0.4, -0.2) is 27.7 Å². The smallest absolute Gasteiger partial charge is 0.387 e. The van der Waals surface area contributed by atoms with E-state index in [1.54, 1.807) is 31.2 Å². The van der Waals surface area contributed by atoms with Crippen LogP contribution in [0.25, 0.3) is 11.4 Å². The maximum absolute atomic E-state index is 12.3. The summed E-state index contributed by atoms with van der Waals surface area (Å²) in [5.41, 5.74) is 1.59. The molecule has 0 saturated heterocycles. The minimum absolute atomic E-state index is 0.0608. The molecule has 8 nitrogen and oxygen atoms in total. The number of halogens is 2. The van der Waals surface area contributed by atoms with Crippen LogP contribution in [0.4, 0.5) is 8.78 Å². The summed E-state index contributed by atoms with van der Waals surface area (Å²) < 4.78 is 44.9. The summed E-state index contributed by atoms with van der Waals surface area (Å²) in [5, 5.41) is 3.97. The third-order valence-corrected chi connectivity index (χ3v) is 4.84. The molecule has 0 spiro atoms. The average molecular weight is 481 g/mol. The number of hydrogen-bond donors (Lipinski definition) is 0. The van der Waals surface area contributed by atoms with E-state index >= 15 is 0 Å². The summed E-state index contributed by atoms with van der Waals surface area (Å²) in [4.78, 5) is 20.6. The van der Waals surface area contributed by atoms with Crippen LogP contribution in [0.15, 0.2) is 77.4 Å². The van der Waals surface area contributed by atoms with Gasteiger partial charge in [0.25, 0.3) is 0 Å². The van der Waals surface area contributed by atoms with Crippen molar-refractivity contribution in [2.75, 3.05) is 0 Å². The fourth-order valence-electron chi connectivity index (χ4n) is 3.06. The molecule has 2 aromatic carbocycles. The molecule has 0 fully saturated rings. The lowest BCUT2D eigenvalue weighted by atomic mass is 10.1. The predicted octanol–water partition coefficient (Wildman–Crippen LogP) is 5.45. The number of aromatic nitrogens is 3. The summed E-state index contributed by atoms with van der Waals surface area (Å²) in [6.45, 7) is -0.973. The van der Waals surface area contributed by atoms with Gasteiger partial charge < -0.3 is 18.7 Å². The Kier molecular flexibility index (Phi) is 7.61. The van der Waals surface area contributed by atoms with E-state index in [1.807, 2.05) is 30.3 Å². The van der Waals surface area contributed by atoms with Crippen LogP contribution < -0.4 is 9.47 Å². The summed E-state index contributed by atoms with van der Waals surface area (Å²) in [5.74, 6) is 0.513. The molecule has 0 aliphatic heterocycles. The predicted molar refractivity (Wildman–Crippen MR) is 120 cm³/mol. The lowest BCUT2D eigenvalue weighted by Crippen LogP contribution is -2.17. The Bertz CT molecular complexity index is 1230. The van der Waals surface area contributed by atoms with Gasteiger partial charge in [0.1, 0.15) is 18.1 Å². The van der Waals surface area contributed by atoms with Gasteiger partial charge in [0, 0.05) is 18.1 Å². The van der Waals surface area contributed by atoms with Crippen molar-refractivity contribution in [2.24, 2.45) is 5.92 Å². The third-order valence-electron chi connectivity index (χ3n) is 4.84. The summed E-state index contributed by atoms with van der Waals surface area (Å²) in [7, 11) is 0. The van der Waals surface area contributed by atoms with Crippen molar-refractivity contribution in [3.05, 3.63) is 84.4 Å². The van der Waals surface area contributed by atoms with E-state index in [0.717, 1.165) is 11.8 Å². The topological polar surface area (TPSA) is 96.6 Å². The van der Waals surface area contributed by atoms with Crippen molar-refractivity contribution in [2.45, 2.75) is 26.6 Å². The first-order valence-corrected chi connectivity index (χ1v) is 10.7. The van der Waals surface area contributed by atoms with Gasteiger partial charge in [0.15, 0.2) is 0 Å². The van der Waals surface area contributed by atoms with Crippen LogP contribution in [0.5, 0.6) is 17.4 Å². The van der Waals surface area contributed by atoms with Crippen LogP contribution in [0.2, 0.25) is 0 Å². The van der Waals surface area contributed by atoms with E-state index in [1.165, 1.54) is 12.1 Å². The van der Waals surface area contributed by atoms with Crippen LogP contribution in [0, 0.1) is 5.92 Å². The molecule has 2 heterocycles. The van der Waals surface area contributed by atoms with Crippen molar-refractivity contribution < 1.29 is 32.3 Å².